The van der Waals surface area contributed by atoms with Gasteiger partial charge >= 0.3 is 0 Å². The van der Waals surface area contributed by atoms with Gasteiger partial charge in [-0.2, -0.15) is 0 Å². The third kappa shape index (κ3) is 3.34. The molecule has 0 saturated carbocycles. The van der Waals surface area contributed by atoms with Gasteiger partial charge in [0.25, 0.3) is 0 Å². The van der Waals surface area contributed by atoms with Gasteiger partial charge in [-0.1, -0.05) is 43.0 Å². The Hall–Kier alpha value is -2.62. The Kier molecular flexibility index (Phi) is 4.94. The summed E-state index contributed by atoms with van der Waals surface area (Å²) in [6, 6.07) is 10.0. The Labute approximate surface area is 131 Å². The lowest BCUT2D eigenvalue weighted by molar-refractivity contribution is -0.117. The molecule has 22 heavy (non-hydrogen) atoms. The van der Waals surface area contributed by atoms with E-state index in [1.165, 1.54) is 0 Å². The topological polar surface area (TPSA) is 46.9 Å². The average Bonchev–Trinajstić information content (AvgIpc) is 2.83. The molecule has 1 amide bonds. The van der Waals surface area contributed by atoms with E-state index in [1.54, 1.807) is 6.92 Å². The maximum absolute atomic E-state index is 11.7. The molecule has 0 bridgehead atoms. The number of carbonyl (C=O) groups excluding carboxylic acids is 1. The highest BCUT2D eigenvalue weighted by atomic mass is 16.1. The molecule has 1 N–H and O–H groups in total. The van der Waals surface area contributed by atoms with Crippen molar-refractivity contribution in [1.29, 1.82) is 0 Å². The molecular weight excluding hydrogens is 274 g/mol. The van der Waals surface area contributed by atoms with Crippen molar-refractivity contribution in [2.75, 3.05) is 0 Å². The second kappa shape index (κ2) is 6.89. The van der Waals surface area contributed by atoms with Crippen molar-refractivity contribution in [3.8, 4) is 11.3 Å². The zero-order valence-corrected chi connectivity index (χ0v) is 13.1. The largest absolute Gasteiger partial charge is 0.345 e. The van der Waals surface area contributed by atoms with Crippen LogP contribution in [0.2, 0.25) is 0 Å². The summed E-state index contributed by atoms with van der Waals surface area (Å²) in [6.07, 6.45) is 2.59. The second-order valence-corrected chi connectivity index (χ2v) is 5.20. The highest BCUT2D eigenvalue weighted by molar-refractivity contribution is 5.91. The van der Waals surface area contributed by atoms with Crippen molar-refractivity contribution in [3.63, 3.8) is 0 Å². The molecule has 0 aliphatic rings. The van der Waals surface area contributed by atoms with E-state index in [2.05, 4.69) is 18.5 Å². The number of rotatable bonds is 6. The first-order valence-electron chi connectivity index (χ1n) is 7.19. The fourth-order valence-electron chi connectivity index (χ4n) is 2.25. The van der Waals surface area contributed by atoms with Gasteiger partial charge in [0.1, 0.15) is 5.82 Å². The minimum absolute atomic E-state index is 0.158. The second-order valence-electron chi connectivity index (χ2n) is 5.20. The van der Waals surface area contributed by atoms with E-state index in [0.29, 0.717) is 12.1 Å². The van der Waals surface area contributed by atoms with Crippen molar-refractivity contribution in [3.05, 3.63) is 66.7 Å². The zero-order valence-electron chi connectivity index (χ0n) is 13.1. The maximum Gasteiger partial charge on any atom is 0.246 e. The quantitative estimate of drug-likeness (QED) is 0.658. The molecule has 0 spiro atoms. The Balaban J connectivity index is 2.34. The highest BCUT2D eigenvalue weighted by Crippen LogP contribution is 2.24. The van der Waals surface area contributed by atoms with Crippen molar-refractivity contribution in [1.82, 2.24) is 14.9 Å². The molecule has 1 aromatic carbocycles. The third-order valence-electron chi connectivity index (χ3n) is 3.49. The molecule has 0 atom stereocenters. The fourth-order valence-corrected chi connectivity index (χ4v) is 2.25. The van der Waals surface area contributed by atoms with Crippen LogP contribution in [-0.2, 0) is 24.8 Å². The van der Waals surface area contributed by atoms with E-state index in [-0.39, 0.29) is 5.91 Å². The summed E-state index contributed by atoms with van der Waals surface area (Å²) in [7, 11) is 1.96. The van der Waals surface area contributed by atoms with Gasteiger partial charge in [0.15, 0.2) is 0 Å². The van der Waals surface area contributed by atoms with Crippen LogP contribution in [0.5, 0.6) is 0 Å². The van der Waals surface area contributed by atoms with Gasteiger partial charge in [-0.3, -0.25) is 4.79 Å². The van der Waals surface area contributed by atoms with E-state index >= 15 is 0 Å². The van der Waals surface area contributed by atoms with Gasteiger partial charge in [0.05, 0.1) is 12.2 Å². The lowest BCUT2D eigenvalue weighted by Crippen LogP contribution is -2.24. The van der Waals surface area contributed by atoms with Gasteiger partial charge in [0, 0.05) is 30.3 Å². The summed E-state index contributed by atoms with van der Waals surface area (Å²) >= 11 is 0. The highest BCUT2D eigenvalue weighted by Gasteiger charge is 2.15. The van der Waals surface area contributed by atoms with Crippen LogP contribution in [0.15, 0.2) is 55.1 Å². The molecule has 0 unspecified atom stereocenters. The first-order valence-corrected chi connectivity index (χ1v) is 7.19. The molecule has 4 heteroatoms. The van der Waals surface area contributed by atoms with E-state index in [9.17, 15) is 4.79 Å². The fraction of sp³-hybridized carbons (Fsp3) is 0.222. The van der Waals surface area contributed by atoms with Crippen LogP contribution >= 0.6 is 0 Å². The van der Waals surface area contributed by atoms with Gasteiger partial charge in [-0.15, -0.1) is 6.58 Å². The predicted octanol–water partition coefficient (Wildman–Crippen LogP) is 3.01. The standard InChI is InChI=1S/C18H21N3O/c1-5-9-15-17(14-10-7-6-8-11-14)20-16(21(15)4)12-19-18(22)13(2)3/h5-8,10-11H,1-2,9,12H2,3-4H3,(H,19,22). The lowest BCUT2D eigenvalue weighted by Gasteiger charge is -2.06. The molecule has 0 radical (unpaired) electrons. The summed E-state index contributed by atoms with van der Waals surface area (Å²) in [4.78, 5) is 16.4. The van der Waals surface area contributed by atoms with Crippen LogP contribution < -0.4 is 5.32 Å². The van der Waals surface area contributed by atoms with Crippen molar-refractivity contribution >= 4 is 5.91 Å². The Morgan fingerprint density at radius 1 is 1.36 bits per heavy atom. The number of allylic oxidation sites excluding steroid dienone is 1. The van der Waals surface area contributed by atoms with Crippen LogP contribution in [0.3, 0.4) is 0 Å². The number of amides is 1. The minimum Gasteiger partial charge on any atom is -0.345 e. The molecule has 0 saturated heterocycles. The van der Waals surface area contributed by atoms with Crippen molar-refractivity contribution < 1.29 is 4.79 Å². The number of imidazole rings is 1. The summed E-state index contributed by atoms with van der Waals surface area (Å²) in [5, 5.41) is 2.83. The van der Waals surface area contributed by atoms with E-state index in [1.807, 2.05) is 48.0 Å². The van der Waals surface area contributed by atoms with Gasteiger partial charge in [-0.25, -0.2) is 4.98 Å². The Morgan fingerprint density at radius 3 is 2.64 bits per heavy atom. The normalized spacial score (nSPS) is 10.3. The molecule has 0 fully saturated rings. The van der Waals surface area contributed by atoms with Crippen LogP contribution in [-0.4, -0.2) is 15.5 Å². The third-order valence-corrected chi connectivity index (χ3v) is 3.49. The van der Waals surface area contributed by atoms with E-state index < -0.39 is 0 Å². The molecule has 114 valence electrons. The van der Waals surface area contributed by atoms with Crippen LogP contribution in [0.1, 0.15) is 18.4 Å². The number of nitrogens with zero attached hydrogens (tertiary/aromatic N) is 2. The minimum atomic E-state index is -0.158. The van der Waals surface area contributed by atoms with Crippen LogP contribution in [0.4, 0.5) is 0 Å². The summed E-state index contributed by atoms with van der Waals surface area (Å²) in [6.45, 7) is 9.51. The van der Waals surface area contributed by atoms with Gasteiger partial charge in [0.2, 0.25) is 5.91 Å². The summed E-state index contributed by atoms with van der Waals surface area (Å²) in [5.74, 6) is 0.653. The molecule has 1 aromatic heterocycles. The zero-order chi connectivity index (χ0) is 16.1. The Bertz CT molecular complexity index is 699. The molecule has 4 nitrogen and oxygen atoms in total. The van der Waals surface area contributed by atoms with Crippen LogP contribution in [0.25, 0.3) is 11.3 Å². The van der Waals surface area contributed by atoms with Gasteiger partial charge in [-0.05, 0) is 6.92 Å². The summed E-state index contributed by atoms with van der Waals surface area (Å²) in [5.41, 5.74) is 3.57. The molecule has 2 rings (SSSR count). The van der Waals surface area contributed by atoms with Crippen molar-refractivity contribution in [2.45, 2.75) is 19.9 Å². The monoisotopic (exact) mass is 295 g/mol. The molecular formula is C18H21N3O. The first kappa shape index (κ1) is 15.8. The SMILES string of the molecule is C=CCc1c(-c2ccccc2)nc(CNC(=O)C(=C)C)n1C. The van der Waals surface area contributed by atoms with E-state index in [0.717, 1.165) is 29.2 Å². The first-order chi connectivity index (χ1) is 10.5. The van der Waals surface area contributed by atoms with E-state index in [4.69, 9.17) is 4.98 Å². The Morgan fingerprint density at radius 2 is 2.05 bits per heavy atom. The maximum atomic E-state index is 11.7. The number of nitrogens with one attached hydrogen (secondary N) is 1. The molecule has 0 aliphatic heterocycles. The number of hydrogen-bond donors (Lipinski definition) is 1. The molecule has 1 heterocycles. The predicted molar refractivity (Wildman–Crippen MR) is 89.2 cm³/mol. The number of carbonyl (C=O) groups is 1. The van der Waals surface area contributed by atoms with Gasteiger partial charge < -0.3 is 9.88 Å². The number of benzene rings is 1. The molecule has 0 aliphatic carbocycles. The lowest BCUT2D eigenvalue weighted by atomic mass is 10.1. The molecule has 2 aromatic rings. The van der Waals surface area contributed by atoms with Crippen molar-refractivity contribution in [2.24, 2.45) is 7.05 Å². The van der Waals surface area contributed by atoms with Crippen LogP contribution in [0, 0.1) is 0 Å². The number of hydrogen-bond acceptors (Lipinski definition) is 2. The smallest absolute Gasteiger partial charge is 0.246 e. The number of aromatic nitrogens is 2. The average molecular weight is 295 g/mol. The summed E-state index contributed by atoms with van der Waals surface area (Å²) < 4.78 is 2.02.